The van der Waals surface area contributed by atoms with Crippen LogP contribution in [0.5, 0.6) is 0 Å². The number of nitrogens with zero attached hydrogens (tertiary/aromatic N) is 7. The lowest BCUT2D eigenvalue weighted by atomic mass is 10.1. The highest BCUT2D eigenvalue weighted by molar-refractivity contribution is 5.78. The number of amides is 1. The summed E-state index contributed by atoms with van der Waals surface area (Å²) in [5.74, 6) is 0.674. The summed E-state index contributed by atoms with van der Waals surface area (Å²) in [6.07, 6.45) is 0. The molecule has 174 valence electrons. The molecule has 0 spiro atoms. The summed E-state index contributed by atoms with van der Waals surface area (Å²) in [4.78, 5) is 25.6. The molecule has 34 heavy (non-hydrogen) atoms. The van der Waals surface area contributed by atoms with Crippen molar-refractivity contribution in [1.82, 2.24) is 29.8 Å². The van der Waals surface area contributed by atoms with Crippen LogP contribution in [0.15, 0.2) is 53.1 Å². The van der Waals surface area contributed by atoms with Crippen LogP contribution in [0.2, 0.25) is 0 Å². The van der Waals surface area contributed by atoms with Gasteiger partial charge in [-0.2, -0.15) is 10.1 Å². The molecule has 0 aliphatic carbocycles. The fourth-order valence-electron chi connectivity index (χ4n) is 3.99. The Labute approximate surface area is 195 Å². The van der Waals surface area contributed by atoms with Crippen molar-refractivity contribution >= 4 is 11.9 Å². The van der Waals surface area contributed by atoms with Crippen LogP contribution in [0.25, 0.3) is 22.6 Å². The van der Waals surface area contributed by atoms with E-state index in [4.69, 9.17) is 4.52 Å². The summed E-state index contributed by atoms with van der Waals surface area (Å²) in [7, 11) is 0. The second kappa shape index (κ2) is 9.05. The van der Waals surface area contributed by atoms with Crippen LogP contribution in [0.1, 0.15) is 11.6 Å². The average Bonchev–Trinajstić information content (AvgIpc) is 3.48. The van der Waals surface area contributed by atoms with Gasteiger partial charge in [-0.15, -0.1) is 0 Å². The van der Waals surface area contributed by atoms with E-state index < -0.39 is 0 Å². The minimum atomic E-state index is -0.364. The van der Waals surface area contributed by atoms with Gasteiger partial charge >= 0.3 is 0 Å². The molecule has 3 aromatic heterocycles. The van der Waals surface area contributed by atoms with Crippen LogP contribution >= 0.6 is 0 Å². The van der Waals surface area contributed by atoms with E-state index in [9.17, 15) is 9.18 Å². The number of hydrogen-bond donors (Lipinski definition) is 0. The minimum absolute atomic E-state index is 0.0287. The summed E-state index contributed by atoms with van der Waals surface area (Å²) < 4.78 is 20.5. The van der Waals surface area contributed by atoms with E-state index in [2.05, 4.69) is 20.2 Å². The Morgan fingerprint density at radius 1 is 1.00 bits per heavy atom. The lowest BCUT2D eigenvalue weighted by Gasteiger charge is -2.34. The maximum Gasteiger partial charge on any atom is 0.266 e. The van der Waals surface area contributed by atoms with Gasteiger partial charge in [0.15, 0.2) is 0 Å². The van der Waals surface area contributed by atoms with Crippen LogP contribution in [0.3, 0.4) is 0 Å². The number of pyridine rings is 1. The molecule has 1 fully saturated rings. The quantitative estimate of drug-likeness (QED) is 0.451. The summed E-state index contributed by atoms with van der Waals surface area (Å²) >= 11 is 0. The van der Waals surface area contributed by atoms with Gasteiger partial charge in [0.05, 0.1) is 17.1 Å². The highest BCUT2D eigenvalue weighted by atomic mass is 19.1. The highest BCUT2D eigenvalue weighted by Gasteiger charge is 2.25. The van der Waals surface area contributed by atoms with Crippen molar-refractivity contribution in [2.75, 3.05) is 31.1 Å². The monoisotopic (exact) mass is 461 g/mol. The molecule has 4 aromatic rings. The van der Waals surface area contributed by atoms with Gasteiger partial charge in [0.25, 0.3) is 5.95 Å². The fraction of sp³-hybridized carbons (Fsp3) is 0.292. The van der Waals surface area contributed by atoms with Crippen LogP contribution < -0.4 is 4.90 Å². The predicted molar refractivity (Wildman–Crippen MR) is 123 cm³/mol. The zero-order chi connectivity index (χ0) is 23.7. The Balaban J connectivity index is 1.36. The molecule has 0 radical (unpaired) electrons. The third-order valence-corrected chi connectivity index (χ3v) is 5.85. The molecule has 4 heterocycles. The second-order valence-electron chi connectivity index (χ2n) is 8.18. The fourth-order valence-corrected chi connectivity index (χ4v) is 3.99. The first kappa shape index (κ1) is 21.7. The SMILES string of the molecule is Cc1nc(N2CCN(C(=O)Cn3nc(-c4ccc(F)c(C)n4)cc3-c3ccccc3)CC2)no1. The zero-order valence-corrected chi connectivity index (χ0v) is 19.0. The Kier molecular flexibility index (Phi) is 5.79. The maximum atomic E-state index is 13.7. The van der Waals surface area contributed by atoms with E-state index in [0.717, 1.165) is 11.3 Å². The summed E-state index contributed by atoms with van der Waals surface area (Å²) in [6.45, 7) is 5.82. The van der Waals surface area contributed by atoms with Crippen LogP contribution in [0.4, 0.5) is 10.3 Å². The first-order valence-electron chi connectivity index (χ1n) is 11.1. The number of carbonyl (C=O) groups is 1. The van der Waals surface area contributed by atoms with Gasteiger partial charge in [0, 0.05) is 33.1 Å². The van der Waals surface area contributed by atoms with Gasteiger partial charge in [-0.25, -0.2) is 9.37 Å². The minimum Gasteiger partial charge on any atom is -0.338 e. The van der Waals surface area contributed by atoms with Crippen molar-refractivity contribution in [2.45, 2.75) is 20.4 Å². The number of rotatable bonds is 5. The van der Waals surface area contributed by atoms with E-state index in [1.165, 1.54) is 6.07 Å². The number of hydrogen-bond acceptors (Lipinski definition) is 7. The zero-order valence-electron chi connectivity index (χ0n) is 19.0. The lowest BCUT2D eigenvalue weighted by molar-refractivity contribution is -0.132. The summed E-state index contributed by atoms with van der Waals surface area (Å²) in [5, 5.41) is 8.63. The van der Waals surface area contributed by atoms with Crippen molar-refractivity contribution in [1.29, 1.82) is 0 Å². The molecule has 0 unspecified atom stereocenters. The van der Waals surface area contributed by atoms with Crippen LogP contribution in [-0.4, -0.2) is 61.9 Å². The summed E-state index contributed by atoms with van der Waals surface area (Å²) in [6, 6.07) is 14.6. The number of anilines is 1. The molecule has 9 nitrogen and oxygen atoms in total. The molecule has 0 bridgehead atoms. The van der Waals surface area contributed by atoms with Gasteiger partial charge in [-0.05, 0) is 35.8 Å². The number of carbonyl (C=O) groups excluding carboxylic acids is 1. The number of piperazine rings is 1. The molecule has 1 saturated heterocycles. The molecule has 1 aliphatic rings. The Morgan fingerprint density at radius 2 is 1.76 bits per heavy atom. The largest absolute Gasteiger partial charge is 0.338 e. The van der Waals surface area contributed by atoms with Crippen LogP contribution in [-0.2, 0) is 11.3 Å². The Bertz CT molecular complexity index is 1310. The van der Waals surface area contributed by atoms with Gasteiger partial charge in [-0.1, -0.05) is 30.3 Å². The molecule has 1 amide bonds. The highest BCUT2D eigenvalue weighted by Crippen LogP contribution is 2.26. The maximum absolute atomic E-state index is 13.7. The number of halogens is 1. The number of aromatic nitrogens is 5. The van der Waals surface area contributed by atoms with Crippen molar-refractivity contribution in [3.63, 3.8) is 0 Å². The first-order chi connectivity index (χ1) is 16.5. The number of benzene rings is 1. The third-order valence-electron chi connectivity index (χ3n) is 5.85. The lowest BCUT2D eigenvalue weighted by Crippen LogP contribution is -2.50. The normalized spacial score (nSPS) is 14.0. The molecular formula is C24H24FN7O2. The van der Waals surface area contributed by atoms with Crippen LogP contribution in [0, 0.1) is 19.7 Å². The smallest absolute Gasteiger partial charge is 0.266 e. The molecular weight excluding hydrogens is 437 g/mol. The van der Waals surface area contributed by atoms with E-state index >= 15 is 0 Å². The van der Waals surface area contributed by atoms with E-state index in [-0.39, 0.29) is 18.3 Å². The molecule has 10 heteroatoms. The number of aryl methyl sites for hydroxylation is 2. The van der Waals surface area contributed by atoms with Crippen molar-refractivity contribution in [3.8, 4) is 22.6 Å². The standard InChI is InChI=1S/C24H24FN7O2/c1-16-19(25)8-9-20(26-16)21-14-22(18-6-4-3-5-7-18)32(28-21)15-23(33)30-10-12-31(13-11-30)24-27-17(2)34-29-24/h3-9,14H,10-13,15H2,1-2H3. The van der Waals surface area contributed by atoms with Gasteiger partial charge < -0.3 is 14.3 Å². The van der Waals surface area contributed by atoms with E-state index in [1.807, 2.05) is 46.2 Å². The molecule has 5 rings (SSSR count). The van der Waals surface area contributed by atoms with Gasteiger partial charge in [-0.3, -0.25) is 9.48 Å². The van der Waals surface area contributed by atoms with E-state index in [0.29, 0.717) is 55.1 Å². The Hall–Kier alpha value is -4.08. The summed E-state index contributed by atoms with van der Waals surface area (Å²) in [5.41, 5.74) is 3.19. The molecule has 1 aliphatic heterocycles. The van der Waals surface area contributed by atoms with Crippen molar-refractivity contribution in [3.05, 3.63) is 65.9 Å². The topological polar surface area (TPSA) is 93.2 Å². The molecule has 0 atom stereocenters. The van der Waals surface area contributed by atoms with Crippen molar-refractivity contribution in [2.24, 2.45) is 0 Å². The predicted octanol–water partition coefficient (Wildman–Crippen LogP) is 3.10. The third kappa shape index (κ3) is 4.39. The Morgan fingerprint density at radius 3 is 2.44 bits per heavy atom. The average molecular weight is 462 g/mol. The second-order valence-corrected chi connectivity index (χ2v) is 8.18. The first-order valence-corrected chi connectivity index (χ1v) is 11.1. The molecule has 1 aromatic carbocycles. The van der Waals surface area contributed by atoms with Gasteiger partial charge in [0.2, 0.25) is 11.8 Å². The van der Waals surface area contributed by atoms with E-state index in [1.54, 1.807) is 24.6 Å². The van der Waals surface area contributed by atoms with Crippen molar-refractivity contribution < 1.29 is 13.7 Å². The van der Waals surface area contributed by atoms with Gasteiger partial charge in [0.1, 0.15) is 18.1 Å². The molecule has 0 saturated carbocycles. The molecule has 0 N–H and O–H groups in total.